The molecule has 1 aromatic carbocycles. The Balaban J connectivity index is 2.61. The fourth-order valence-electron chi connectivity index (χ4n) is 1.32. The van der Waals surface area contributed by atoms with E-state index in [0.29, 0.717) is 12.2 Å². The number of nitrogens with two attached hydrogens (primary N) is 1. The van der Waals surface area contributed by atoms with Crippen LogP contribution in [0.5, 0.6) is 0 Å². The van der Waals surface area contributed by atoms with Gasteiger partial charge in [-0.05, 0) is 25.5 Å². The van der Waals surface area contributed by atoms with Crippen LogP contribution in [0.3, 0.4) is 0 Å². The maximum absolute atomic E-state index is 11.6. The highest BCUT2D eigenvalue weighted by atomic mass is 16.2. The number of amides is 1. The topological polar surface area (TPSA) is 58.4 Å². The van der Waals surface area contributed by atoms with Crippen molar-refractivity contribution in [3.05, 3.63) is 23.8 Å². The van der Waals surface area contributed by atoms with Crippen LogP contribution in [-0.2, 0) is 4.79 Å². The molecular formula is C12H19N3O. The van der Waals surface area contributed by atoms with E-state index in [-0.39, 0.29) is 12.5 Å². The van der Waals surface area contributed by atoms with E-state index in [4.69, 9.17) is 5.73 Å². The molecule has 0 bridgehead atoms. The summed E-state index contributed by atoms with van der Waals surface area (Å²) in [5, 5.41) is 3.05. The molecule has 0 saturated carbocycles. The number of nitrogens with one attached hydrogen (secondary N) is 1. The predicted octanol–water partition coefficient (Wildman–Crippen LogP) is 1.47. The Hall–Kier alpha value is -1.71. The van der Waals surface area contributed by atoms with E-state index in [1.807, 2.05) is 32.0 Å². The summed E-state index contributed by atoms with van der Waals surface area (Å²) in [5.41, 5.74) is 8.43. The van der Waals surface area contributed by atoms with E-state index in [1.54, 1.807) is 11.9 Å². The maximum Gasteiger partial charge on any atom is 0.241 e. The highest BCUT2D eigenvalue weighted by Gasteiger charge is 2.07. The first-order chi connectivity index (χ1) is 7.56. The number of hydrogen-bond acceptors (Lipinski definition) is 3. The lowest BCUT2D eigenvalue weighted by Gasteiger charge is -2.16. The third-order valence-electron chi connectivity index (χ3n) is 2.65. The van der Waals surface area contributed by atoms with Crippen molar-refractivity contribution in [1.29, 1.82) is 0 Å². The van der Waals surface area contributed by atoms with Gasteiger partial charge in [-0.1, -0.05) is 12.1 Å². The summed E-state index contributed by atoms with van der Waals surface area (Å²) in [6.07, 6.45) is 0. The van der Waals surface area contributed by atoms with Gasteiger partial charge in [0.15, 0.2) is 0 Å². The number of carbonyl (C=O) groups excluding carboxylic acids is 1. The number of rotatable bonds is 4. The van der Waals surface area contributed by atoms with E-state index in [2.05, 4.69) is 5.32 Å². The molecule has 0 radical (unpaired) electrons. The minimum absolute atomic E-state index is 0.0587. The lowest BCUT2D eigenvalue weighted by molar-refractivity contribution is -0.127. The van der Waals surface area contributed by atoms with Crippen LogP contribution in [0.4, 0.5) is 11.4 Å². The zero-order valence-corrected chi connectivity index (χ0v) is 10.1. The van der Waals surface area contributed by atoms with Crippen LogP contribution in [0, 0.1) is 6.92 Å². The van der Waals surface area contributed by atoms with Crippen LogP contribution in [0.15, 0.2) is 18.2 Å². The second-order valence-corrected chi connectivity index (χ2v) is 3.80. The molecular weight excluding hydrogens is 202 g/mol. The van der Waals surface area contributed by atoms with Gasteiger partial charge in [0.25, 0.3) is 0 Å². The molecule has 0 aliphatic carbocycles. The van der Waals surface area contributed by atoms with Crippen LogP contribution in [-0.4, -0.2) is 30.9 Å². The van der Waals surface area contributed by atoms with Gasteiger partial charge in [-0.15, -0.1) is 0 Å². The Kier molecular flexibility index (Phi) is 4.17. The fourth-order valence-corrected chi connectivity index (χ4v) is 1.32. The standard InChI is InChI=1S/C12H19N3O/c1-4-15(3)11(16)8-14-10-7-5-6-9(2)12(10)13/h5-7,14H,4,8,13H2,1-3H3. The van der Waals surface area contributed by atoms with Gasteiger partial charge in [0.1, 0.15) is 0 Å². The molecule has 4 heteroatoms. The molecule has 0 aliphatic rings. The van der Waals surface area contributed by atoms with E-state index in [1.165, 1.54) is 0 Å². The SMILES string of the molecule is CCN(C)C(=O)CNc1cccc(C)c1N. The first-order valence-corrected chi connectivity index (χ1v) is 5.39. The number of carbonyl (C=O) groups is 1. The van der Waals surface area contributed by atoms with E-state index in [0.717, 1.165) is 11.3 Å². The van der Waals surface area contributed by atoms with Gasteiger partial charge in [-0.2, -0.15) is 0 Å². The highest BCUT2D eigenvalue weighted by molar-refractivity contribution is 5.82. The molecule has 4 nitrogen and oxygen atoms in total. The summed E-state index contributed by atoms with van der Waals surface area (Å²) in [5.74, 6) is 0.0587. The van der Waals surface area contributed by atoms with Crippen molar-refractivity contribution in [3.8, 4) is 0 Å². The number of anilines is 2. The van der Waals surface area contributed by atoms with Crippen molar-refractivity contribution in [2.75, 3.05) is 31.2 Å². The number of benzene rings is 1. The van der Waals surface area contributed by atoms with Gasteiger partial charge in [-0.3, -0.25) is 4.79 Å². The third-order valence-corrected chi connectivity index (χ3v) is 2.65. The summed E-state index contributed by atoms with van der Waals surface area (Å²) in [6.45, 7) is 4.88. The van der Waals surface area contributed by atoms with Crippen molar-refractivity contribution in [3.63, 3.8) is 0 Å². The summed E-state index contributed by atoms with van der Waals surface area (Å²) in [7, 11) is 1.78. The number of nitrogens with zero attached hydrogens (tertiary/aromatic N) is 1. The molecule has 88 valence electrons. The van der Waals surface area contributed by atoms with Crippen LogP contribution >= 0.6 is 0 Å². The summed E-state index contributed by atoms with van der Waals surface area (Å²) >= 11 is 0. The molecule has 1 rings (SSSR count). The highest BCUT2D eigenvalue weighted by Crippen LogP contribution is 2.21. The molecule has 0 unspecified atom stereocenters. The largest absolute Gasteiger partial charge is 0.397 e. The Morgan fingerprint density at radius 3 is 2.81 bits per heavy atom. The first-order valence-electron chi connectivity index (χ1n) is 5.39. The Morgan fingerprint density at radius 1 is 1.50 bits per heavy atom. The van der Waals surface area contributed by atoms with Gasteiger partial charge in [-0.25, -0.2) is 0 Å². The molecule has 0 heterocycles. The molecule has 0 atom stereocenters. The Labute approximate surface area is 96.4 Å². The number of likely N-dealkylation sites (N-methyl/N-ethyl adjacent to an activating group) is 1. The van der Waals surface area contributed by atoms with Gasteiger partial charge in [0.05, 0.1) is 17.9 Å². The van der Waals surface area contributed by atoms with E-state index >= 15 is 0 Å². The molecule has 0 aromatic heterocycles. The van der Waals surface area contributed by atoms with Crippen molar-refractivity contribution < 1.29 is 4.79 Å². The van der Waals surface area contributed by atoms with Gasteiger partial charge < -0.3 is 16.0 Å². The summed E-state index contributed by atoms with van der Waals surface area (Å²) in [6, 6.07) is 5.74. The Bertz CT molecular complexity index is 377. The smallest absolute Gasteiger partial charge is 0.241 e. The molecule has 16 heavy (non-hydrogen) atoms. The quantitative estimate of drug-likeness (QED) is 0.757. The second kappa shape index (κ2) is 5.39. The van der Waals surface area contributed by atoms with E-state index < -0.39 is 0 Å². The minimum Gasteiger partial charge on any atom is -0.397 e. The van der Waals surface area contributed by atoms with Crippen molar-refractivity contribution in [2.45, 2.75) is 13.8 Å². The average Bonchev–Trinajstić information content (AvgIpc) is 2.29. The minimum atomic E-state index is 0.0587. The number of para-hydroxylation sites is 1. The summed E-state index contributed by atoms with van der Waals surface area (Å²) < 4.78 is 0. The van der Waals surface area contributed by atoms with Crippen LogP contribution < -0.4 is 11.1 Å². The van der Waals surface area contributed by atoms with Crippen molar-refractivity contribution >= 4 is 17.3 Å². The monoisotopic (exact) mass is 221 g/mol. The van der Waals surface area contributed by atoms with Gasteiger partial charge >= 0.3 is 0 Å². The van der Waals surface area contributed by atoms with Crippen LogP contribution in [0.25, 0.3) is 0 Å². The number of nitrogen functional groups attached to an aromatic ring is 1. The zero-order valence-electron chi connectivity index (χ0n) is 10.1. The first kappa shape index (κ1) is 12.4. The molecule has 1 amide bonds. The molecule has 0 saturated heterocycles. The molecule has 3 N–H and O–H groups in total. The summed E-state index contributed by atoms with van der Waals surface area (Å²) in [4.78, 5) is 13.2. The maximum atomic E-state index is 11.6. The van der Waals surface area contributed by atoms with Crippen molar-refractivity contribution in [2.24, 2.45) is 0 Å². The predicted molar refractivity (Wildman–Crippen MR) is 67.4 cm³/mol. The zero-order chi connectivity index (χ0) is 12.1. The normalized spacial score (nSPS) is 9.94. The van der Waals surface area contributed by atoms with Crippen molar-refractivity contribution in [1.82, 2.24) is 4.90 Å². The van der Waals surface area contributed by atoms with Crippen LogP contribution in [0.2, 0.25) is 0 Å². The molecule has 0 fully saturated rings. The van der Waals surface area contributed by atoms with E-state index in [9.17, 15) is 4.79 Å². The lowest BCUT2D eigenvalue weighted by atomic mass is 10.2. The van der Waals surface area contributed by atoms with Gasteiger partial charge in [0, 0.05) is 13.6 Å². The molecule has 1 aromatic rings. The average molecular weight is 221 g/mol. The number of aryl methyl sites for hydroxylation is 1. The lowest BCUT2D eigenvalue weighted by Crippen LogP contribution is -2.32. The van der Waals surface area contributed by atoms with Crippen LogP contribution in [0.1, 0.15) is 12.5 Å². The third kappa shape index (κ3) is 2.89. The number of hydrogen-bond donors (Lipinski definition) is 2. The molecule has 0 spiro atoms. The molecule has 0 aliphatic heterocycles. The fraction of sp³-hybridized carbons (Fsp3) is 0.417. The Morgan fingerprint density at radius 2 is 2.19 bits per heavy atom. The second-order valence-electron chi connectivity index (χ2n) is 3.80. The van der Waals surface area contributed by atoms with Gasteiger partial charge in [0.2, 0.25) is 5.91 Å².